The van der Waals surface area contributed by atoms with E-state index in [1.807, 2.05) is 18.3 Å². The molecular formula is C34H26IrN3O2-. The number of ketones is 1. The predicted octanol–water partition coefficient (Wildman–Crippen LogP) is 8.11. The Kier molecular flexibility index (Phi) is 7.65. The Morgan fingerprint density at radius 3 is 1.93 bits per heavy atom. The van der Waals surface area contributed by atoms with Crippen LogP contribution in [0.1, 0.15) is 13.8 Å². The Morgan fingerprint density at radius 2 is 1.32 bits per heavy atom. The van der Waals surface area contributed by atoms with Crippen molar-refractivity contribution in [2.75, 3.05) is 0 Å². The summed E-state index contributed by atoms with van der Waals surface area (Å²) in [5.74, 6) is -0.0625. The fraction of sp³-hybridized carbons (Fsp3) is 0.0588. The van der Waals surface area contributed by atoms with Crippen LogP contribution in [0.2, 0.25) is 0 Å². The SMILES string of the molecule is CC(=O)/C=C(/C)O.[Ir].[c-]1cc(-n2c3ccccc3c3ccccc32)cc2c1c1ncccc1n2-c1ccccc1. The summed E-state index contributed by atoms with van der Waals surface area (Å²) in [5, 5.41) is 11.9. The van der Waals surface area contributed by atoms with Gasteiger partial charge in [-0.1, -0.05) is 66.0 Å². The topological polar surface area (TPSA) is 60.0 Å². The maximum atomic E-state index is 10.0. The van der Waals surface area contributed by atoms with Gasteiger partial charge in [0.15, 0.2) is 5.78 Å². The zero-order chi connectivity index (χ0) is 26.9. The fourth-order valence-corrected chi connectivity index (χ4v) is 5.22. The van der Waals surface area contributed by atoms with Gasteiger partial charge in [-0.15, -0.1) is 12.1 Å². The number of carbonyl (C=O) groups excluding carboxylic acids is 1. The van der Waals surface area contributed by atoms with Crippen molar-refractivity contribution in [2.24, 2.45) is 0 Å². The van der Waals surface area contributed by atoms with Crippen LogP contribution in [0.5, 0.6) is 0 Å². The number of rotatable bonds is 3. The summed E-state index contributed by atoms with van der Waals surface area (Å²) in [7, 11) is 0. The first kappa shape index (κ1) is 27.1. The first-order chi connectivity index (χ1) is 19.0. The van der Waals surface area contributed by atoms with E-state index in [0.29, 0.717) is 0 Å². The molecule has 0 saturated carbocycles. The third kappa shape index (κ3) is 4.84. The summed E-state index contributed by atoms with van der Waals surface area (Å²) in [6, 6.07) is 39.7. The van der Waals surface area contributed by atoms with E-state index in [0.717, 1.165) is 33.3 Å². The predicted molar refractivity (Wildman–Crippen MR) is 159 cm³/mol. The first-order valence-corrected chi connectivity index (χ1v) is 12.8. The zero-order valence-corrected chi connectivity index (χ0v) is 24.4. The van der Waals surface area contributed by atoms with Crippen LogP contribution < -0.4 is 0 Å². The minimum Gasteiger partial charge on any atom is -0.512 e. The minimum absolute atomic E-state index is 0. The molecule has 3 aromatic heterocycles. The van der Waals surface area contributed by atoms with Crippen LogP contribution in [-0.2, 0) is 24.9 Å². The van der Waals surface area contributed by atoms with E-state index in [1.165, 1.54) is 41.7 Å². The number of fused-ring (bicyclic) bond motifs is 6. The average molecular weight is 701 g/mol. The summed E-state index contributed by atoms with van der Waals surface area (Å²) >= 11 is 0. The molecule has 5 nitrogen and oxygen atoms in total. The second-order valence-corrected chi connectivity index (χ2v) is 9.43. The Bertz CT molecular complexity index is 1960. The van der Waals surface area contributed by atoms with Crippen LogP contribution in [0.15, 0.2) is 121 Å². The number of aliphatic hydroxyl groups excluding tert-OH is 1. The summed E-state index contributed by atoms with van der Waals surface area (Å²) < 4.78 is 4.62. The molecule has 7 aromatic rings. The molecule has 0 atom stereocenters. The van der Waals surface area contributed by atoms with E-state index in [-0.39, 0.29) is 31.6 Å². The smallest absolute Gasteiger partial charge is 0.155 e. The van der Waals surface area contributed by atoms with Crippen molar-refractivity contribution in [3.8, 4) is 11.4 Å². The van der Waals surface area contributed by atoms with Gasteiger partial charge in [0, 0.05) is 70.9 Å². The maximum Gasteiger partial charge on any atom is 0.155 e. The molecular weight excluding hydrogens is 675 g/mol. The number of hydrogen-bond donors (Lipinski definition) is 1. The molecule has 0 aliphatic carbocycles. The number of aromatic nitrogens is 3. The van der Waals surface area contributed by atoms with Crippen molar-refractivity contribution in [1.29, 1.82) is 0 Å². The first-order valence-electron chi connectivity index (χ1n) is 12.8. The standard InChI is InChI=1S/C29H18N3.C5H8O2.Ir/c1-2-9-20(10-3-1)31-27-15-8-18-30-29(27)24-17-16-21(19-28(24)31)32-25-13-6-4-11-22(25)23-12-5-7-14-26(23)32;1-4(6)3-5(2)7;/h1-16,18-19H;3,6H,1-2H3;/q-1;;/b;4-3-;. The van der Waals surface area contributed by atoms with Gasteiger partial charge in [0.2, 0.25) is 0 Å². The average Bonchev–Trinajstić information content (AvgIpc) is 3.46. The van der Waals surface area contributed by atoms with Gasteiger partial charge in [-0.25, -0.2) is 0 Å². The number of aliphatic hydroxyl groups is 1. The molecule has 3 heterocycles. The molecule has 40 heavy (non-hydrogen) atoms. The maximum absolute atomic E-state index is 10.0. The van der Waals surface area contributed by atoms with Gasteiger partial charge in [-0.05, 0) is 61.4 Å². The molecule has 1 N–H and O–H groups in total. The van der Waals surface area contributed by atoms with Gasteiger partial charge in [0.05, 0.1) is 5.76 Å². The monoisotopic (exact) mass is 701 g/mol. The number of pyridine rings is 1. The van der Waals surface area contributed by atoms with Crippen molar-refractivity contribution in [1.82, 2.24) is 14.1 Å². The van der Waals surface area contributed by atoms with Crippen LogP contribution >= 0.6 is 0 Å². The van der Waals surface area contributed by atoms with Gasteiger partial charge >= 0.3 is 0 Å². The number of hydrogen-bond acceptors (Lipinski definition) is 3. The normalized spacial score (nSPS) is 11.4. The van der Waals surface area contributed by atoms with Crippen molar-refractivity contribution in [3.63, 3.8) is 0 Å². The number of benzene rings is 4. The molecule has 1 radical (unpaired) electrons. The van der Waals surface area contributed by atoms with Gasteiger partial charge < -0.3 is 19.2 Å². The third-order valence-electron chi connectivity index (χ3n) is 6.67. The van der Waals surface area contributed by atoms with Gasteiger partial charge in [0.25, 0.3) is 0 Å². The van der Waals surface area contributed by atoms with E-state index < -0.39 is 0 Å². The summed E-state index contributed by atoms with van der Waals surface area (Å²) in [6.45, 7) is 2.85. The summed E-state index contributed by atoms with van der Waals surface area (Å²) in [5.41, 5.74) is 7.76. The Labute approximate surface area is 245 Å². The van der Waals surface area contributed by atoms with Crippen LogP contribution in [0.25, 0.3) is 55.1 Å². The molecule has 0 spiro atoms. The van der Waals surface area contributed by atoms with E-state index in [1.54, 1.807) is 0 Å². The second-order valence-electron chi connectivity index (χ2n) is 9.43. The molecule has 199 valence electrons. The molecule has 0 bridgehead atoms. The van der Waals surface area contributed by atoms with Gasteiger partial charge in [-0.2, -0.15) is 0 Å². The molecule has 0 unspecified atom stereocenters. The molecule has 6 heteroatoms. The fourth-order valence-electron chi connectivity index (χ4n) is 5.22. The largest absolute Gasteiger partial charge is 0.512 e. The Hall–Kier alpha value is -4.51. The van der Waals surface area contributed by atoms with Gasteiger partial charge in [0.1, 0.15) is 0 Å². The van der Waals surface area contributed by atoms with Crippen molar-refractivity contribution < 1.29 is 30.0 Å². The molecule has 0 fully saturated rings. The minimum atomic E-state index is -0.125. The Balaban J connectivity index is 0.000000362. The molecule has 4 aromatic carbocycles. The quantitative estimate of drug-likeness (QED) is 0.115. The summed E-state index contributed by atoms with van der Waals surface area (Å²) in [4.78, 5) is 14.7. The van der Waals surface area contributed by atoms with Crippen molar-refractivity contribution in [2.45, 2.75) is 13.8 Å². The zero-order valence-electron chi connectivity index (χ0n) is 22.0. The molecule has 0 amide bonds. The second kappa shape index (κ2) is 11.3. The van der Waals surface area contributed by atoms with Crippen LogP contribution in [0, 0.1) is 6.07 Å². The van der Waals surface area contributed by atoms with E-state index in [4.69, 9.17) is 5.11 Å². The van der Waals surface area contributed by atoms with E-state index in [2.05, 4.69) is 111 Å². The van der Waals surface area contributed by atoms with Crippen LogP contribution in [-0.4, -0.2) is 25.0 Å². The van der Waals surface area contributed by atoms with Crippen LogP contribution in [0.4, 0.5) is 0 Å². The Morgan fingerprint density at radius 1 is 0.750 bits per heavy atom. The number of para-hydroxylation sites is 3. The van der Waals surface area contributed by atoms with Gasteiger partial charge in [-0.3, -0.25) is 4.79 Å². The third-order valence-corrected chi connectivity index (χ3v) is 6.67. The van der Waals surface area contributed by atoms with E-state index in [9.17, 15) is 4.79 Å². The summed E-state index contributed by atoms with van der Waals surface area (Å²) in [6.07, 6.45) is 3.02. The number of nitrogens with zero attached hydrogens (tertiary/aromatic N) is 3. The van der Waals surface area contributed by atoms with Crippen molar-refractivity contribution in [3.05, 3.63) is 127 Å². The number of carbonyl (C=O) groups is 1. The molecule has 0 aliphatic heterocycles. The van der Waals surface area contributed by atoms with Crippen LogP contribution in [0.3, 0.4) is 0 Å². The number of allylic oxidation sites excluding steroid dienone is 2. The van der Waals surface area contributed by atoms with E-state index >= 15 is 0 Å². The van der Waals surface area contributed by atoms with Crippen molar-refractivity contribution >= 4 is 49.5 Å². The molecule has 0 aliphatic rings. The molecule has 7 rings (SSSR count). The molecule has 0 saturated heterocycles.